The van der Waals surface area contributed by atoms with E-state index in [1.165, 1.54) is 7.11 Å². The van der Waals surface area contributed by atoms with Gasteiger partial charge in [-0.05, 0) is 31.4 Å². The Balaban J connectivity index is 1.93. The fourth-order valence-corrected chi connectivity index (χ4v) is 3.05. The van der Waals surface area contributed by atoms with Crippen molar-refractivity contribution in [3.8, 4) is 17.0 Å². The van der Waals surface area contributed by atoms with E-state index in [2.05, 4.69) is 9.97 Å². The Hall–Kier alpha value is -2.30. The van der Waals surface area contributed by atoms with Crippen LogP contribution in [0.4, 0.5) is 0 Å². The van der Waals surface area contributed by atoms with Gasteiger partial charge in [0.2, 0.25) is 0 Å². The van der Waals surface area contributed by atoms with Crippen LogP contribution in [0.2, 0.25) is 0 Å². The normalized spacial score (nSPS) is 17.6. The Morgan fingerprint density at radius 2 is 2.35 bits per heavy atom. The fraction of sp³-hybridized carbons (Fsp3) is 0.333. The number of esters is 1. The molecule has 0 unspecified atom stereocenters. The number of hydrogen-bond acceptors (Lipinski definition) is 4. The smallest absolute Gasteiger partial charge is 0.354 e. The van der Waals surface area contributed by atoms with Crippen molar-refractivity contribution in [2.45, 2.75) is 24.9 Å². The topological polar surface area (TPSA) is 64.2 Å². The maximum absolute atomic E-state index is 11.8. The third-order valence-corrected chi connectivity index (χ3v) is 4.23. The van der Waals surface area contributed by atoms with E-state index in [1.807, 2.05) is 12.1 Å². The van der Waals surface area contributed by atoms with Crippen LogP contribution in [0, 0.1) is 0 Å². The van der Waals surface area contributed by atoms with Crippen LogP contribution in [-0.2, 0) is 10.3 Å². The monoisotopic (exact) mass is 270 g/mol. The molecule has 5 heteroatoms. The average molecular weight is 270 g/mol. The third kappa shape index (κ3) is 1.37. The number of nitrogens with zero attached hydrogens (tertiary/aromatic N) is 1. The maximum atomic E-state index is 11.8. The highest BCUT2D eigenvalue weighted by Crippen LogP contribution is 2.53. The number of fused-ring (bicyclic) bond motifs is 4. The molecule has 0 saturated heterocycles. The van der Waals surface area contributed by atoms with Crippen LogP contribution < -0.4 is 4.74 Å². The van der Waals surface area contributed by atoms with Gasteiger partial charge >= 0.3 is 5.97 Å². The fourth-order valence-electron chi connectivity index (χ4n) is 3.05. The number of ether oxygens (including phenoxy) is 2. The second kappa shape index (κ2) is 3.85. The van der Waals surface area contributed by atoms with Gasteiger partial charge in [-0.2, -0.15) is 0 Å². The molecule has 1 fully saturated rings. The van der Waals surface area contributed by atoms with Crippen molar-refractivity contribution in [2.75, 3.05) is 7.11 Å². The molecule has 0 aromatic carbocycles. The summed E-state index contributed by atoms with van der Waals surface area (Å²) in [5, 5.41) is 0. The SMILES string of the molecule is COC(=O)c1cc2c([nH]1)-c1ccncc1OC21CCC1. The summed E-state index contributed by atoms with van der Waals surface area (Å²) in [4.78, 5) is 19.1. The molecular formula is C15H14N2O3. The predicted molar refractivity (Wildman–Crippen MR) is 71.5 cm³/mol. The molecule has 2 aromatic rings. The van der Waals surface area contributed by atoms with E-state index in [-0.39, 0.29) is 11.6 Å². The van der Waals surface area contributed by atoms with Crippen LogP contribution in [0.15, 0.2) is 24.5 Å². The standard InChI is InChI=1S/C15H14N2O3/c1-19-14(18)11-7-10-13(17-11)9-3-6-16-8-12(9)20-15(10)4-2-5-15/h3,6-8,17H,2,4-5H2,1H3. The molecular weight excluding hydrogens is 256 g/mol. The highest BCUT2D eigenvalue weighted by Gasteiger charge is 2.47. The molecule has 20 heavy (non-hydrogen) atoms. The van der Waals surface area contributed by atoms with Crippen LogP contribution in [0.25, 0.3) is 11.3 Å². The number of methoxy groups -OCH3 is 1. The lowest BCUT2D eigenvalue weighted by Gasteiger charge is -2.44. The van der Waals surface area contributed by atoms with Gasteiger partial charge < -0.3 is 14.5 Å². The maximum Gasteiger partial charge on any atom is 0.354 e. The van der Waals surface area contributed by atoms with Crippen molar-refractivity contribution in [3.63, 3.8) is 0 Å². The lowest BCUT2D eigenvalue weighted by atomic mass is 9.73. The minimum absolute atomic E-state index is 0.297. The van der Waals surface area contributed by atoms with Gasteiger partial charge in [0, 0.05) is 17.3 Å². The number of carbonyl (C=O) groups excluding carboxylic acids is 1. The molecule has 102 valence electrons. The van der Waals surface area contributed by atoms with Crippen molar-refractivity contribution >= 4 is 5.97 Å². The van der Waals surface area contributed by atoms with Crippen LogP contribution in [0.3, 0.4) is 0 Å². The van der Waals surface area contributed by atoms with Crippen molar-refractivity contribution in [1.82, 2.24) is 9.97 Å². The van der Waals surface area contributed by atoms with Crippen LogP contribution in [0.5, 0.6) is 5.75 Å². The highest BCUT2D eigenvalue weighted by atomic mass is 16.5. The zero-order valence-electron chi connectivity index (χ0n) is 11.1. The number of pyridine rings is 1. The summed E-state index contributed by atoms with van der Waals surface area (Å²) < 4.78 is 11.0. The zero-order chi connectivity index (χ0) is 13.7. The van der Waals surface area contributed by atoms with Gasteiger partial charge in [-0.25, -0.2) is 4.79 Å². The van der Waals surface area contributed by atoms with E-state index in [0.29, 0.717) is 5.69 Å². The summed E-state index contributed by atoms with van der Waals surface area (Å²) in [7, 11) is 1.38. The van der Waals surface area contributed by atoms with Crippen LogP contribution in [-0.4, -0.2) is 23.0 Å². The van der Waals surface area contributed by atoms with Gasteiger partial charge in [0.15, 0.2) is 0 Å². The third-order valence-electron chi connectivity index (χ3n) is 4.23. The Kier molecular flexibility index (Phi) is 2.22. The lowest BCUT2D eigenvalue weighted by Crippen LogP contribution is -2.42. The van der Waals surface area contributed by atoms with Crippen molar-refractivity contribution in [1.29, 1.82) is 0 Å². The van der Waals surface area contributed by atoms with E-state index in [0.717, 1.165) is 41.8 Å². The molecule has 0 amide bonds. The Labute approximate surface area is 115 Å². The second-order valence-electron chi connectivity index (χ2n) is 5.29. The van der Waals surface area contributed by atoms with Crippen molar-refractivity contribution < 1.29 is 14.3 Å². The zero-order valence-corrected chi connectivity index (χ0v) is 11.1. The molecule has 2 aromatic heterocycles. The minimum atomic E-state index is -0.357. The van der Waals surface area contributed by atoms with Gasteiger partial charge in [0.05, 0.1) is 19.0 Å². The number of H-pyrrole nitrogens is 1. The average Bonchev–Trinajstić information content (AvgIpc) is 2.89. The molecule has 0 bridgehead atoms. The van der Waals surface area contributed by atoms with E-state index in [9.17, 15) is 4.79 Å². The first kappa shape index (κ1) is 11.5. The molecule has 3 heterocycles. The molecule has 4 rings (SSSR count). The number of nitrogens with one attached hydrogen (secondary N) is 1. The summed E-state index contributed by atoms with van der Waals surface area (Å²) >= 11 is 0. The molecule has 1 aliphatic carbocycles. The number of carbonyl (C=O) groups is 1. The van der Waals surface area contributed by atoms with E-state index in [1.54, 1.807) is 12.4 Å². The first-order valence-electron chi connectivity index (χ1n) is 6.69. The number of rotatable bonds is 1. The lowest BCUT2D eigenvalue weighted by molar-refractivity contribution is -0.0146. The summed E-state index contributed by atoms with van der Waals surface area (Å²) in [6, 6.07) is 3.76. The van der Waals surface area contributed by atoms with Gasteiger partial charge in [0.25, 0.3) is 0 Å². The number of aromatic amines is 1. The van der Waals surface area contributed by atoms with E-state index >= 15 is 0 Å². The van der Waals surface area contributed by atoms with E-state index < -0.39 is 0 Å². The molecule has 1 aliphatic heterocycles. The van der Waals surface area contributed by atoms with Gasteiger partial charge in [-0.15, -0.1) is 0 Å². The number of hydrogen-bond donors (Lipinski definition) is 1. The highest BCUT2D eigenvalue weighted by molar-refractivity contribution is 5.90. The Morgan fingerprint density at radius 1 is 1.50 bits per heavy atom. The molecule has 5 nitrogen and oxygen atoms in total. The molecule has 1 N–H and O–H groups in total. The molecule has 1 saturated carbocycles. The van der Waals surface area contributed by atoms with Crippen LogP contribution >= 0.6 is 0 Å². The molecule has 1 spiro atoms. The van der Waals surface area contributed by atoms with Gasteiger partial charge in [-0.1, -0.05) is 0 Å². The molecule has 0 radical (unpaired) electrons. The summed E-state index contributed by atoms with van der Waals surface area (Å²) in [6.07, 6.45) is 6.52. The van der Waals surface area contributed by atoms with Gasteiger partial charge in [0.1, 0.15) is 17.0 Å². The van der Waals surface area contributed by atoms with Gasteiger partial charge in [-0.3, -0.25) is 4.98 Å². The minimum Gasteiger partial charge on any atom is -0.480 e. The first-order valence-corrected chi connectivity index (χ1v) is 6.69. The Bertz CT molecular complexity index is 701. The van der Waals surface area contributed by atoms with Crippen LogP contribution in [0.1, 0.15) is 35.3 Å². The quantitative estimate of drug-likeness (QED) is 0.809. The summed E-state index contributed by atoms with van der Waals surface area (Å²) in [5.74, 6) is 0.419. The number of aromatic nitrogens is 2. The predicted octanol–water partition coefficient (Wildman–Crippen LogP) is 2.63. The van der Waals surface area contributed by atoms with Crippen molar-refractivity contribution in [2.24, 2.45) is 0 Å². The summed E-state index contributed by atoms with van der Waals surface area (Å²) in [6.45, 7) is 0. The largest absolute Gasteiger partial charge is 0.480 e. The first-order chi connectivity index (χ1) is 9.73. The molecule has 0 atom stereocenters. The van der Waals surface area contributed by atoms with E-state index in [4.69, 9.17) is 9.47 Å². The second-order valence-corrected chi connectivity index (χ2v) is 5.29. The van der Waals surface area contributed by atoms with Crippen molar-refractivity contribution in [3.05, 3.63) is 35.8 Å². The summed E-state index contributed by atoms with van der Waals surface area (Å²) in [5.41, 5.74) is 3.13. The Morgan fingerprint density at radius 3 is 3.05 bits per heavy atom. The molecule has 2 aliphatic rings.